The fraction of sp³-hybridized carbons (Fsp3) is 0. The summed E-state index contributed by atoms with van der Waals surface area (Å²) in [4.78, 5) is 4.02. The van der Waals surface area contributed by atoms with Crippen molar-refractivity contribution in [2.24, 2.45) is 5.73 Å². The molecule has 0 radical (unpaired) electrons. The van der Waals surface area contributed by atoms with E-state index in [1.165, 1.54) is 0 Å². The van der Waals surface area contributed by atoms with Crippen LogP contribution in [-0.2, 0) is 0 Å². The van der Waals surface area contributed by atoms with E-state index < -0.39 is 0 Å². The van der Waals surface area contributed by atoms with Crippen LogP contribution in [-0.4, -0.2) is 4.98 Å². The standard InChI is InChI=1S/C13H11ClN2/c14-12-5-1-3-10(7-12)8-13(15)11-4-2-6-16-9-11/h1-9H,15H2/b13-8-. The largest absolute Gasteiger partial charge is 0.398 e. The van der Waals surface area contributed by atoms with Crippen LogP contribution in [0.3, 0.4) is 0 Å². The molecule has 3 heteroatoms. The fourth-order valence-corrected chi connectivity index (χ4v) is 1.59. The van der Waals surface area contributed by atoms with Gasteiger partial charge in [0.2, 0.25) is 0 Å². The van der Waals surface area contributed by atoms with Crippen molar-refractivity contribution >= 4 is 23.4 Å². The van der Waals surface area contributed by atoms with Crippen LogP contribution in [0.25, 0.3) is 11.8 Å². The van der Waals surface area contributed by atoms with Gasteiger partial charge in [-0.05, 0) is 35.9 Å². The molecule has 0 aliphatic rings. The summed E-state index contributed by atoms with van der Waals surface area (Å²) in [5.41, 5.74) is 8.52. The third-order valence-electron chi connectivity index (χ3n) is 2.17. The van der Waals surface area contributed by atoms with Crippen molar-refractivity contribution in [1.82, 2.24) is 4.98 Å². The van der Waals surface area contributed by atoms with Gasteiger partial charge in [-0.1, -0.05) is 23.7 Å². The zero-order valence-electron chi connectivity index (χ0n) is 8.60. The van der Waals surface area contributed by atoms with Crippen molar-refractivity contribution in [2.75, 3.05) is 0 Å². The second kappa shape index (κ2) is 4.81. The van der Waals surface area contributed by atoms with Gasteiger partial charge in [-0.25, -0.2) is 0 Å². The molecule has 1 aromatic heterocycles. The van der Waals surface area contributed by atoms with Gasteiger partial charge in [0.25, 0.3) is 0 Å². The van der Waals surface area contributed by atoms with Crippen LogP contribution in [0.2, 0.25) is 5.02 Å². The van der Waals surface area contributed by atoms with Gasteiger partial charge in [0.05, 0.1) is 0 Å². The molecule has 80 valence electrons. The third-order valence-corrected chi connectivity index (χ3v) is 2.40. The van der Waals surface area contributed by atoms with E-state index in [9.17, 15) is 0 Å². The van der Waals surface area contributed by atoms with Crippen LogP contribution in [0, 0.1) is 0 Å². The molecule has 2 nitrogen and oxygen atoms in total. The monoisotopic (exact) mass is 230 g/mol. The van der Waals surface area contributed by atoms with Crippen molar-refractivity contribution in [3.63, 3.8) is 0 Å². The first kappa shape index (κ1) is 10.7. The first-order valence-corrected chi connectivity index (χ1v) is 5.26. The molecule has 0 fully saturated rings. The normalized spacial score (nSPS) is 11.4. The van der Waals surface area contributed by atoms with Gasteiger partial charge in [-0.3, -0.25) is 4.98 Å². The van der Waals surface area contributed by atoms with Gasteiger partial charge in [-0.15, -0.1) is 0 Å². The average Bonchev–Trinajstić information content (AvgIpc) is 2.30. The lowest BCUT2D eigenvalue weighted by Crippen LogP contribution is -1.96. The molecule has 0 spiro atoms. The highest BCUT2D eigenvalue weighted by atomic mass is 35.5. The van der Waals surface area contributed by atoms with Crippen molar-refractivity contribution in [3.05, 3.63) is 64.9 Å². The number of hydrogen-bond acceptors (Lipinski definition) is 2. The molecule has 0 amide bonds. The number of aromatic nitrogens is 1. The fourth-order valence-electron chi connectivity index (χ4n) is 1.39. The summed E-state index contributed by atoms with van der Waals surface area (Å²) in [7, 11) is 0. The van der Waals surface area contributed by atoms with Gasteiger partial charge in [0.1, 0.15) is 0 Å². The van der Waals surface area contributed by atoms with Gasteiger partial charge < -0.3 is 5.73 Å². The van der Waals surface area contributed by atoms with Crippen LogP contribution < -0.4 is 5.73 Å². The van der Waals surface area contributed by atoms with E-state index in [0.717, 1.165) is 11.1 Å². The second-order valence-electron chi connectivity index (χ2n) is 3.40. The second-order valence-corrected chi connectivity index (χ2v) is 3.83. The molecule has 0 atom stereocenters. The Morgan fingerprint density at radius 2 is 2.12 bits per heavy atom. The Hall–Kier alpha value is -1.80. The summed E-state index contributed by atoms with van der Waals surface area (Å²) in [5.74, 6) is 0. The Morgan fingerprint density at radius 3 is 2.81 bits per heavy atom. The van der Waals surface area contributed by atoms with Crippen molar-refractivity contribution in [1.29, 1.82) is 0 Å². The predicted octanol–water partition coefficient (Wildman–Crippen LogP) is 3.19. The SMILES string of the molecule is N/C(=C\c1cccc(Cl)c1)c1cccnc1. The summed E-state index contributed by atoms with van der Waals surface area (Å²) >= 11 is 5.89. The number of hydrogen-bond donors (Lipinski definition) is 1. The Labute approximate surface area is 99.4 Å². The van der Waals surface area contributed by atoms with Crippen LogP contribution in [0.4, 0.5) is 0 Å². The van der Waals surface area contributed by atoms with Crippen molar-refractivity contribution < 1.29 is 0 Å². The van der Waals surface area contributed by atoms with E-state index in [4.69, 9.17) is 17.3 Å². The highest BCUT2D eigenvalue weighted by Gasteiger charge is 1.96. The van der Waals surface area contributed by atoms with Gasteiger partial charge in [0.15, 0.2) is 0 Å². The van der Waals surface area contributed by atoms with E-state index >= 15 is 0 Å². The molecule has 0 aliphatic heterocycles. The molecule has 0 saturated carbocycles. The Bertz CT molecular complexity index is 506. The highest BCUT2D eigenvalue weighted by molar-refractivity contribution is 6.30. The summed E-state index contributed by atoms with van der Waals surface area (Å²) in [6.45, 7) is 0. The van der Waals surface area contributed by atoms with Gasteiger partial charge >= 0.3 is 0 Å². The number of rotatable bonds is 2. The summed E-state index contributed by atoms with van der Waals surface area (Å²) in [5, 5.41) is 0.702. The molecule has 0 unspecified atom stereocenters. The molecule has 16 heavy (non-hydrogen) atoms. The number of nitrogens with zero attached hydrogens (tertiary/aromatic N) is 1. The van der Waals surface area contributed by atoms with Crippen LogP contribution in [0.15, 0.2) is 48.8 Å². The van der Waals surface area contributed by atoms with Gasteiger partial charge in [-0.2, -0.15) is 0 Å². The van der Waals surface area contributed by atoms with E-state index in [2.05, 4.69) is 4.98 Å². The zero-order chi connectivity index (χ0) is 11.4. The molecule has 1 aromatic carbocycles. The lowest BCUT2D eigenvalue weighted by molar-refractivity contribution is 1.30. The topological polar surface area (TPSA) is 38.9 Å². The zero-order valence-corrected chi connectivity index (χ0v) is 9.35. The maximum absolute atomic E-state index is 5.96. The molecule has 2 N–H and O–H groups in total. The number of nitrogens with two attached hydrogens (primary N) is 1. The summed E-state index contributed by atoms with van der Waals surface area (Å²) in [6, 6.07) is 11.3. The minimum Gasteiger partial charge on any atom is -0.398 e. The van der Waals surface area contributed by atoms with Crippen LogP contribution >= 0.6 is 11.6 Å². The quantitative estimate of drug-likeness (QED) is 0.861. The van der Waals surface area contributed by atoms with Gasteiger partial charge in [0, 0.05) is 28.7 Å². The third kappa shape index (κ3) is 2.61. The average molecular weight is 231 g/mol. The van der Waals surface area contributed by atoms with Crippen molar-refractivity contribution in [3.8, 4) is 0 Å². The molecule has 2 aromatic rings. The summed E-state index contributed by atoms with van der Waals surface area (Å²) < 4.78 is 0. The molecule has 0 saturated heterocycles. The lowest BCUT2D eigenvalue weighted by Gasteiger charge is -2.01. The molecule has 2 rings (SSSR count). The van der Waals surface area contributed by atoms with Crippen LogP contribution in [0.5, 0.6) is 0 Å². The molecular formula is C13H11ClN2. The predicted molar refractivity (Wildman–Crippen MR) is 67.7 cm³/mol. The first-order chi connectivity index (χ1) is 7.75. The first-order valence-electron chi connectivity index (χ1n) is 4.89. The van der Waals surface area contributed by atoms with Crippen LogP contribution in [0.1, 0.15) is 11.1 Å². The minimum atomic E-state index is 0.676. The van der Waals surface area contributed by atoms with E-state index in [1.807, 2.05) is 42.5 Å². The number of pyridine rings is 1. The molecular weight excluding hydrogens is 220 g/mol. The highest BCUT2D eigenvalue weighted by Crippen LogP contribution is 2.15. The molecule has 0 aliphatic carbocycles. The Balaban J connectivity index is 2.32. The maximum atomic E-state index is 5.96. The van der Waals surface area contributed by atoms with E-state index in [1.54, 1.807) is 12.4 Å². The lowest BCUT2D eigenvalue weighted by atomic mass is 10.1. The molecule has 1 heterocycles. The minimum absolute atomic E-state index is 0.676. The Morgan fingerprint density at radius 1 is 1.25 bits per heavy atom. The van der Waals surface area contributed by atoms with Crippen molar-refractivity contribution in [2.45, 2.75) is 0 Å². The smallest absolute Gasteiger partial charge is 0.0411 e. The van der Waals surface area contributed by atoms with E-state index in [-0.39, 0.29) is 0 Å². The number of halogens is 1. The maximum Gasteiger partial charge on any atom is 0.0411 e. The number of benzene rings is 1. The Kier molecular flexibility index (Phi) is 3.22. The van der Waals surface area contributed by atoms with E-state index in [0.29, 0.717) is 10.7 Å². The summed E-state index contributed by atoms with van der Waals surface area (Å²) in [6.07, 6.45) is 5.33. The molecule has 0 bridgehead atoms.